The molecule has 0 saturated carbocycles. The molecular weight excluding hydrogens is 367 g/mol. The Bertz CT molecular complexity index is 1040. The lowest BCUT2D eigenvalue weighted by Crippen LogP contribution is -2.46. The van der Waals surface area contributed by atoms with E-state index in [1.807, 2.05) is 12.1 Å². The van der Waals surface area contributed by atoms with E-state index in [0.29, 0.717) is 24.3 Å². The third kappa shape index (κ3) is 4.06. The Morgan fingerprint density at radius 2 is 1.90 bits per heavy atom. The van der Waals surface area contributed by atoms with Gasteiger partial charge in [-0.3, -0.25) is 4.90 Å². The summed E-state index contributed by atoms with van der Waals surface area (Å²) in [5, 5.41) is 2.79. The van der Waals surface area contributed by atoms with Crippen molar-refractivity contribution in [1.82, 2.24) is 4.98 Å². The van der Waals surface area contributed by atoms with Crippen LogP contribution in [0.15, 0.2) is 60.8 Å². The largest absolute Gasteiger partial charge is 0.349 e. The summed E-state index contributed by atoms with van der Waals surface area (Å²) in [6, 6.07) is 16.5. The quantitative estimate of drug-likeness (QED) is 0.692. The van der Waals surface area contributed by atoms with Crippen LogP contribution in [0.1, 0.15) is 16.7 Å². The number of halogens is 1. The zero-order valence-corrected chi connectivity index (χ0v) is 16.5. The predicted octanol–water partition coefficient (Wildman–Crippen LogP) is 4.90. The van der Waals surface area contributed by atoms with Gasteiger partial charge in [-0.2, -0.15) is 0 Å². The summed E-state index contributed by atoms with van der Waals surface area (Å²) in [5.41, 5.74) is 4.14. The number of nitrogens with one attached hydrogen (secondary N) is 1. The number of benzene rings is 2. The summed E-state index contributed by atoms with van der Waals surface area (Å²) in [7, 11) is 0. The van der Waals surface area contributed by atoms with Gasteiger partial charge in [0.15, 0.2) is 5.82 Å². The van der Waals surface area contributed by atoms with Gasteiger partial charge < -0.3 is 10.2 Å². The number of nitrogens with zero attached hydrogens (tertiary/aromatic N) is 3. The summed E-state index contributed by atoms with van der Waals surface area (Å²) >= 11 is 0. The van der Waals surface area contributed by atoms with Crippen molar-refractivity contribution in [1.29, 1.82) is 0 Å². The fourth-order valence-electron chi connectivity index (χ4n) is 3.43. The Morgan fingerprint density at radius 3 is 2.66 bits per heavy atom. The van der Waals surface area contributed by atoms with Crippen molar-refractivity contribution in [2.45, 2.75) is 20.4 Å². The van der Waals surface area contributed by atoms with Gasteiger partial charge in [0.05, 0.1) is 5.69 Å². The number of amides is 2. The lowest BCUT2D eigenvalue weighted by atomic mass is 10.1. The number of aryl methyl sites for hydroxylation is 2. The SMILES string of the molecule is Cc1ccc(CN2CCN(C(=O)Nc3ccc(C)c(F)c3)c3cccnc32)cc1. The molecule has 5 nitrogen and oxygen atoms in total. The number of anilines is 3. The van der Waals surface area contributed by atoms with Crippen LogP contribution in [0, 0.1) is 19.7 Å². The van der Waals surface area contributed by atoms with E-state index in [4.69, 9.17) is 0 Å². The molecule has 0 fully saturated rings. The number of fused-ring (bicyclic) bond motifs is 1. The van der Waals surface area contributed by atoms with Crippen molar-refractivity contribution in [2.75, 3.05) is 28.2 Å². The highest BCUT2D eigenvalue weighted by Gasteiger charge is 2.28. The second kappa shape index (κ2) is 7.91. The number of rotatable bonds is 3. The van der Waals surface area contributed by atoms with Crippen molar-refractivity contribution in [2.24, 2.45) is 0 Å². The van der Waals surface area contributed by atoms with E-state index in [2.05, 4.69) is 46.4 Å². The van der Waals surface area contributed by atoms with Gasteiger partial charge in [0.2, 0.25) is 0 Å². The van der Waals surface area contributed by atoms with Gasteiger partial charge in [0, 0.05) is 31.5 Å². The van der Waals surface area contributed by atoms with Crippen LogP contribution < -0.4 is 15.1 Å². The van der Waals surface area contributed by atoms with E-state index in [1.54, 1.807) is 30.2 Å². The molecule has 2 heterocycles. The third-order valence-corrected chi connectivity index (χ3v) is 5.11. The Balaban J connectivity index is 1.55. The number of hydrogen-bond acceptors (Lipinski definition) is 3. The third-order valence-electron chi connectivity index (χ3n) is 5.11. The molecule has 29 heavy (non-hydrogen) atoms. The Labute approximate surface area is 169 Å². The fourth-order valence-corrected chi connectivity index (χ4v) is 3.43. The molecule has 148 valence electrons. The topological polar surface area (TPSA) is 48.5 Å². The molecule has 0 aliphatic carbocycles. The first-order valence-corrected chi connectivity index (χ1v) is 9.61. The second-order valence-corrected chi connectivity index (χ2v) is 7.30. The molecule has 0 saturated heterocycles. The van der Waals surface area contributed by atoms with E-state index in [9.17, 15) is 9.18 Å². The molecule has 3 aromatic rings. The number of aromatic nitrogens is 1. The van der Waals surface area contributed by atoms with Gasteiger partial charge >= 0.3 is 6.03 Å². The van der Waals surface area contributed by atoms with Gasteiger partial charge in [0.1, 0.15) is 5.82 Å². The highest BCUT2D eigenvalue weighted by Crippen LogP contribution is 2.32. The first-order chi connectivity index (χ1) is 14.0. The summed E-state index contributed by atoms with van der Waals surface area (Å²) in [5.74, 6) is 0.428. The van der Waals surface area contributed by atoms with Crippen molar-refractivity contribution in [3.05, 3.63) is 83.3 Å². The van der Waals surface area contributed by atoms with E-state index in [0.717, 1.165) is 18.1 Å². The lowest BCUT2D eigenvalue weighted by molar-refractivity contribution is 0.256. The van der Waals surface area contributed by atoms with E-state index >= 15 is 0 Å². The maximum absolute atomic E-state index is 13.8. The van der Waals surface area contributed by atoms with Crippen molar-refractivity contribution in [3.63, 3.8) is 0 Å². The highest BCUT2D eigenvalue weighted by molar-refractivity contribution is 6.04. The summed E-state index contributed by atoms with van der Waals surface area (Å²) in [4.78, 5) is 21.2. The summed E-state index contributed by atoms with van der Waals surface area (Å²) in [6.07, 6.45) is 1.73. The number of carbonyl (C=O) groups excluding carboxylic acids is 1. The van der Waals surface area contributed by atoms with Gasteiger partial charge in [-0.15, -0.1) is 0 Å². The van der Waals surface area contributed by atoms with Crippen LogP contribution >= 0.6 is 0 Å². The molecular formula is C23H23FN4O. The first kappa shape index (κ1) is 18.9. The van der Waals surface area contributed by atoms with E-state index < -0.39 is 0 Å². The molecule has 0 spiro atoms. The van der Waals surface area contributed by atoms with Crippen molar-refractivity contribution < 1.29 is 9.18 Å². The zero-order chi connectivity index (χ0) is 20.4. The number of carbonyl (C=O) groups is 1. The fraction of sp³-hybridized carbons (Fsp3) is 0.217. The zero-order valence-electron chi connectivity index (χ0n) is 16.5. The molecule has 0 atom stereocenters. The highest BCUT2D eigenvalue weighted by atomic mass is 19.1. The standard InChI is InChI=1S/C23H23FN4O/c1-16-5-8-18(9-6-16)15-27-12-13-28(21-4-3-11-25-22(21)27)23(29)26-19-10-7-17(2)20(24)14-19/h3-11,14H,12-13,15H2,1-2H3,(H,26,29). The molecule has 4 rings (SSSR count). The molecule has 0 bridgehead atoms. The van der Waals surface area contributed by atoms with Crippen LogP contribution in [0.5, 0.6) is 0 Å². The Morgan fingerprint density at radius 1 is 1.10 bits per heavy atom. The first-order valence-electron chi connectivity index (χ1n) is 9.61. The van der Waals surface area contributed by atoms with Crippen LogP contribution in [0.4, 0.5) is 26.4 Å². The monoisotopic (exact) mass is 390 g/mol. The molecule has 6 heteroatoms. The predicted molar refractivity (Wildman–Crippen MR) is 114 cm³/mol. The van der Waals surface area contributed by atoms with Gasteiger partial charge in [-0.1, -0.05) is 35.9 Å². The van der Waals surface area contributed by atoms with Crippen LogP contribution in [0.3, 0.4) is 0 Å². The molecule has 0 radical (unpaired) electrons. The van der Waals surface area contributed by atoms with Crippen LogP contribution in [0.25, 0.3) is 0 Å². The number of hydrogen-bond donors (Lipinski definition) is 1. The average Bonchev–Trinajstić information content (AvgIpc) is 2.72. The van der Waals surface area contributed by atoms with Gasteiger partial charge in [-0.25, -0.2) is 14.2 Å². The molecule has 2 amide bonds. The van der Waals surface area contributed by atoms with Crippen LogP contribution in [-0.2, 0) is 6.54 Å². The maximum Gasteiger partial charge on any atom is 0.326 e. The minimum absolute atomic E-state index is 0.294. The van der Waals surface area contributed by atoms with E-state index in [1.165, 1.54) is 17.2 Å². The molecule has 1 aliphatic rings. The van der Waals surface area contributed by atoms with Gasteiger partial charge in [-0.05, 0) is 49.2 Å². The Kier molecular flexibility index (Phi) is 5.16. The minimum atomic E-state index is -0.340. The summed E-state index contributed by atoms with van der Waals surface area (Å²) in [6.45, 7) is 5.66. The molecule has 0 unspecified atom stereocenters. The smallest absolute Gasteiger partial charge is 0.326 e. The number of urea groups is 1. The normalized spacial score (nSPS) is 13.2. The minimum Gasteiger partial charge on any atom is -0.349 e. The van der Waals surface area contributed by atoms with Crippen LogP contribution in [-0.4, -0.2) is 24.1 Å². The van der Waals surface area contributed by atoms with Gasteiger partial charge in [0.25, 0.3) is 0 Å². The lowest BCUT2D eigenvalue weighted by Gasteiger charge is -2.36. The molecule has 1 N–H and O–H groups in total. The number of pyridine rings is 1. The molecule has 2 aromatic carbocycles. The summed E-state index contributed by atoms with van der Waals surface area (Å²) < 4.78 is 13.8. The Hall–Kier alpha value is -3.41. The van der Waals surface area contributed by atoms with Crippen molar-refractivity contribution in [3.8, 4) is 0 Å². The second-order valence-electron chi connectivity index (χ2n) is 7.30. The van der Waals surface area contributed by atoms with Crippen molar-refractivity contribution >= 4 is 23.2 Å². The molecule has 1 aliphatic heterocycles. The average molecular weight is 390 g/mol. The van der Waals surface area contributed by atoms with E-state index in [-0.39, 0.29) is 11.8 Å². The maximum atomic E-state index is 13.8. The molecule has 1 aromatic heterocycles. The van der Waals surface area contributed by atoms with Crippen LogP contribution in [0.2, 0.25) is 0 Å².